The summed E-state index contributed by atoms with van der Waals surface area (Å²) in [5.74, 6) is 0.189. The number of carbonyl (C=O) groups is 2. The van der Waals surface area contributed by atoms with Gasteiger partial charge in [-0.25, -0.2) is 14.8 Å². The van der Waals surface area contributed by atoms with Gasteiger partial charge in [0.15, 0.2) is 0 Å². The van der Waals surface area contributed by atoms with Gasteiger partial charge in [-0.2, -0.15) is 0 Å². The third-order valence-corrected chi connectivity index (χ3v) is 6.90. The Morgan fingerprint density at radius 1 is 1.29 bits per heavy atom. The molecular formula is C21H23BrN6O2S. The highest BCUT2D eigenvalue weighted by atomic mass is 79.9. The Kier molecular flexibility index (Phi) is 5.96. The van der Waals surface area contributed by atoms with Gasteiger partial charge in [-0.15, -0.1) is 11.3 Å². The first-order valence-electron chi connectivity index (χ1n) is 9.81. The normalized spacial score (nSPS) is 18.8. The van der Waals surface area contributed by atoms with E-state index in [1.165, 1.54) is 10.1 Å². The molecule has 1 unspecified atom stereocenters. The van der Waals surface area contributed by atoms with Crippen LogP contribution in [0.15, 0.2) is 41.0 Å². The van der Waals surface area contributed by atoms with Gasteiger partial charge >= 0.3 is 6.03 Å². The lowest BCUT2D eigenvalue weighted by molar-refractivity contribution is -0.126. The molecule has 4 rings (SSSR count). The van der Waals surface area contributed by atoms with E-state index in [1.54, 1.807) is 29.4 Å². The number of imide groups is 1. The molecule has 3 heterocycles. The maximum Gasteiger partial charge on any atom is 0.325 e. The van der Waals surface area contributed by atoms with Gasteiger partial charge < -0.3 is 15.1 Å². The molecule has 1 aliphatic heterocycles. The third kappa shape index (κ3) is 4.28. The fourth-order valence-corrected chi connectivity index (χ4v) is 5.37. The maximum absolute atomic E-state index is 12.3. The van der Waals surface area contributed by atoms with Crippen molar-refractivity contribution >= 4 is 55.2 Å². The molecule has 1 aromatic carbocycles. The number of rotatable bonds is 7. The van der Waals surface area contributed by atoms with Crippen LogP contribution in [-0.2, 0) is 4.79 Å². The average molecular weight is 503 g/mol. The number of aromatic nitrogens is 2. The first kappa shape index (κ1) is 21.7. The zero-order chi connectivity index (χ0) is 22.2. The Balaban J connectivity index is 1.48. The number of hydrogen-bond acceptors (Lipinski definition) is 7. The Bertz CT molecular complexity index is 1120. The van der Waals surface area contributed by atoms with Crippen LogP contribution in [0.3, 0.4) is 0 Å². The fourth-order valence-electron chi connectivity index (χ4n) is 3.77. The summed E-state index contributed by atoms with van der Waals surface area (Å²) in [6, 6.07) is 9.95. The van der Waals surface area contributed by atoms with Crippen LogP contribution >= 0.6 is 27.3 Å². The lowest BCUT2D eigenvalue weighted by Crippen LogP contribution is -2.54. The van der Waals surface area contributed by atoms with E-state index in [4.69, 9.17) is 0 Å². The summed E-state index contributed by atoms with van der Waals surface area (Å²) < 4.78 is 2.01. The van der Waals surface area contributed by atoms with Gasteiger partial charge in [-0.3, -0.25) is 10.1 Å². The Hall–Kier alpha value is -2.56. The summed E-state index contributed by atoms with van der Waals surface area (Å²) in [6.45, 7) is 2.98. The average Bonchev–Trinajstić information content (AvgIpc) is 3.23. The summed E-state index contributed by atoms with van der Waals surface area (Å²) in [7, 11) is 3.76. The molecule has 0 saturated carbocycles. The summed E-state index contributed by atoms with van der Waals surface area (Å²) in [5.41, 5.74) is -0.101. The molecule has 0 radical (unpaired) electrons. The predicted octanol–water partition coefficient (Wildman–Crippen LogP) is 3.40. The van der Waals surface area contributed by atoms with Crippen LogP contribution in [0.2, 0.25) is 0 Å². The van der Waals surface area contributed by atoms with Crippen molar-refractivity contribution in [2.24, 2.45) is 0 Å². The standard InChI is InChI=1S/C21H23BrN6O2S/c1-21(12-27(2)3)18(29)26-20(30)28(21)9-8-23-19-24-11-14(22)17(25-19)16-10-13-6-4-5-7-15(13)31-16/h4-7,10-11H,8-9,12H2,1-3H3,(H,23,24,25)(H,26,29,30). The van der Waals surface area contributed by atoms with Crippen molar-refractivity contribution in [3.63, 3.8) is 0 Å². The molecule has 0 aliphatic carbocycles. The van der Waals surface area contributed by atoms with Crippen LogP contribution < -0.4 is 10.6 Å². The minimum Gasteiger partial charge on any atom is -0.352 e. The monoisotopic (exact) mass is 502 g/mol. The van der Waals surface area contributed by atoms with Gasteiger partial charge in [0.2, 0.25) is 5.95 Å². The van der Waals surface area contributed by atoms with Crippen LogP contribution in [0.1, 0.15) is 6.92 Å². The van der Waals surface area contributed by atoms with E-state index >= 15 is 0 Å². The molecule has 8 nitrogen and oxygen atoms in total. The van der Waals surface area contributed by atoms with E-state index in [2.05, 4.69) is 54.7 Å². The van der Waals surface area contributed by atoms with E-state index in [9.17, 15) is 9.59 Å². The second kappa shape index (κ2) is 8.52. The molecular weight excluding hydrogens is 480 g/mol. The van der Waals surface area contributed by atoms with Crippen LogP contribution in [-0.4, -0.2) is 71.0 Å². The van der Waals surface area contributed by atoms with Gasteiger partial charge in [0.05, 0.1) is 9.35 Å². The molecule has 1 aliphatic rings. The highest BCUT2D eigenvalue weighted by molar-refractivity contribution is 9.10. The largest absolute Gasteiger partial charge is 0.352 e. The molecule has 2 N–H and O–H groups in total. The summed E-state index contributed by atoms with van der Waals surface area (Å²) in [4.78, 5) is 38.2. The number of carbonyl (C=O) groups excluding carboxylic acids is 2. The number of nitrogens with one attached hydrogen (secondary N) is 2. The molecule has 3 aromatic rings. The van der Waals surface area contributed by atoms with E-state index in [-0.39, 0.29) is 11.9 Å². The molecule has 31 heavy (non-hydrogen) atoms. The zero-order valence-electron chi connectivity index (χ0n) is 17.5. The van der Waals surface area contributed by atoms with Gasteiger partial charge in [-0.1, -0.05) is 18.2 Å². The minimum absolute atomic E-state index is 0.280. The summed E-state index contributed by atoms with van der Waals surface area (Å²) >= 11 is 5.22. The van der Waals surface area contributed by atoms with E-state index in [0.29, 0.717) is 25.6 Å². The Morgan fingerprint density at radius 2 is 2.06 bits per heavy atom. The third-order valence-electron chi connectivity index (χ3n) is 5.20. The number of benzene rings is 1. The molecule has 0 bridgehead atoms. The van der Waals surface area contributed by atoms with Crippen molar-refractivity contribution in [3.8, 4) is 10.6 Å². The number of likely N-dealkylation sites (N-methyl/N-ethyl adjacent to an activating group) is 1. The highest BCUT2D eigenvalue weighted by Crippen LogP contribution is 2.36. The number of halogens is 1. The lowest BCUT2D eigenvalue weighted by Gasteiger charge is -2.34. The number of amides is 3. The highest BCUT2D eigenvalue weighted by Gasteiger charge is 2.49. The number of anilines is 1. The van der Waals surface area contributed by atoms with Crippen molar-refractivity contribution in [3.05, 3.63) is 41.0 Å². The van der Waals surface area contributed by atoms with Crippen LogP contribution in [0.4, 0.5) is 10.7 Å². The Morgan fingerprint density at radius 3 is 2.81 bits per heavy atom. The van der Waals surface area contributed by atoms with Crippen molar-refractivity contribution in [2.45, 2.75) is 12.5 Å². The van der Waals surface area contributed by atoms with Crippen molar-refractivity contribution in [1.29, 1.82) is 0 Å². The van der Waals surface area contributed by atoms with Gasteiger partial charge in [0, 0.05) is 30.5 Å². The van der Waals surface area contributed by atoms with Crippen molar-refractivity contribution < 1.29 is 9.59 Å². The number of nitrogens with zero attached hydrogens (tertiary/aromatic N) is 4. The molecule has 1 fully saturated rings. The molecule has 3 amide bonds. The van der Waals surface area contributed by atoms with Gasteiger partial charge in [0.1, 0.15) is 11.2 Å². The number of urea groups is 1. The van der Waals surface area contributed by atoms with Crippen molar-refractivity contribution in [1.82, 2.24) is 25.1 Å². The first-order valence-corrected chi connectivity index (χ1v) is 11.4. The summed E-state index contributed by atoms with van der Waals surface area (Å²) in [6.07, 6.45) is 1.72. The second-order valence-corrected chi connectivity index (χ2v) is 9.83. The van der Waals surface area contributed by atoms with Crippen LogP contribution in [0.25, 0.3) is 20.7 Å². The quantitative estimate of drug-likeness (QED) is 0.481. The topological polar surface area (TPSA) is 90.5 Å². The van der Waals surface area contributed by atoms with E-state index < -0.39 is 5.54 Å². The predicted molar refractivity (Wildman–Crippen MR) is 126 cm³/mol. The molecule has 1 saturated heterocycles. The zero-order valence-corrected chi connectivity index (χ0v) is 19.9. The molecule has 1 atom stereocenters. The van der Waals surface area contributed by atoms with Crippen LogP contribution in [0.5, 0.6) is 0 Å². The molecule has 2 aromatic heterocycles. The SMILES string of the molecule is CN(C)CC1(C)C(=O)NC(=O)N1CCNc1ncc(Br)c(-c2cc3ccccc3s2)n1. The minimum atomic E-state index is -0.912. The Labute approximate surface area is 192 Å². The second-order valence-electron chi connectivity index (χ2n) is 7.89. The first-order chi connectivity index (χ1) is 14.8. The number of fused-ring (bicyclic) bond motifs is 1. The van der Waals surface area contributed by atoms with Crippen LogP contribution in [0, 0.1) is 0 Å². The molecule has 0 spiro atoms. The van der Waals surface area contributed by atoms with E-state index in [1.807, 2.05) is 31.1 Å². The maximum atomic E-state index is 12.3. The van der Waals surface area contributed by atoms with E-state index in [0.717, 1.165) is 15.0 Å². The number of hydrogen-bond donors (Lipinski definition) is 2. The van der Waals surface area contributed by atoms with Gasteiger partial charge in [-0.05, 0) is 54.5 Å². The van der Waals surface area contributed by atoms with Gasteiger partial charge in [0.25, 0.3) is 5.91 Å². The van der Waals surface area contributed by atoms with Crippen molar-refractivity contribution in [2.75, 3.05) is 39.0 Å². The summed E-state index contributed by atoms with van der Waals surface area (Å²) in [5, 5.41) is 6.78. The number of thiophene rings is 1. The smallest absolute Gasteiger partial charge is 0.325 e. The molecule has 10 heteroatoms. The molecule has 162 valence electrons. The lowest BCUT2D eigenvalue weighted by atomic mass is 10.0. The fraction of sp³-hybridized carbons (Fsp3) is 0.333.